The van der Waals surface area contributed by atoms with Crippen LogP contribution in [0.4, 0.5) is 0 Å². The molecule has 0 aliphatic heterocycles. The largest absolute Gasteiger partial charge is 0.412 e. The van der Waals surface area contributed by atoms with Crippen molar-refractivity contribution in [1.29, 1.82) is 0 Å². The van der Waals surface area contributed by atoms with Crippen molar-refractivity contribution in [3.05, 3.63) is 0 Å². The molecule has 0 spiro atoms. The van der Waals surface area contributed by atoms with Gasteiger partial charge in [-0.2, -0.15) is 0 Å². The van der Waals surface area contributed by atoms with E-state index in [1.165, 1.54) is 44.9 Å². The molecule has 58 valence electrons. The van der Waals surface area contributed by atoms with Gasteiger partial charge in [-0.25, -0.2) is 0 Å². The van der Waals surface area contributed by atoms with Crippen molar-refractivity contribution in [3.8, 4) is 0 Å². The smallest absolute Gasteiger partial charge is 0.0533 e. The van der Waals surface area contributed by atoms with Crippen molar-refractivity contribution >= 4 is 0 Å². The Hall–Kier alpha value is -0.0400. The Kier molecular flexibility index (Phi) is 10.4. The zero-order valence-electron chi connectivity index (χ0n) is 5.45. The molecule has 1 nitrogen and oxygen atoms in total. The van der Waals surface area contributed by atoms with Gasteiger partial charge in [0.1, 0.15) is 0 Å². The summed E-state index contributed by atoms with van der Waals surface area (Å²) in [5.41, 5.74) is 0. The number of rotatable bonds is 0. The molecule has 0 amide bonds. The lowest BCUT2D eigenvalue weighted by Crippen LogP contribution is -1.66. The maximum Gasteiger partial charge on any atom is -0.0533 e. The fraction of sp³-hybridized carbons (Fsp3) is 1.00. The first-order valence-corrected chi connectivity index (χ1v) is 3.50. The lowest BCUT2D eigenvalue weighted by molar-refractivity contribution is 0.702. The van der Waals surface area contributed by atoms with E-state index in [1.54, 1.807) is 0 Å². The van der Waals surface area contributed by atoms with Crippen molar-refractivity contribution < 1.29 is 5.48 Å². The van der Waals surface area contributed by atoms with Gasteiger partial charge in [-0.15, -0.1) is 0 Å². The minimum atomic E-state index is 0. The molecule has 0 bridgehead atoms. The molecule has 0 aromatic carbocycles. The SMILES string of the molecule is C.C1CCCCCC1.O. The quantitative estimate of drug-likeness (QED) is 0.454. The molecule has 1 saturated carbocycles. The van der Waals surface area contributed by atoms with Gasteiger partial charge in [-0.05, 0) is 0 Å². The second-order valence-corrected chi connectivity index (χ2v) is 2.47. The van der Waals surface area contributed by atoms with E-state index in [-0.39, 0.29) is 12.9 Å². The Labute approximate surface area is 58.8 Å². The highest BCUT2D eigenvalue weighted by atomic mass is 16.0. The molecule has 0 radical (unpaired) electrons. The highest BCUT2D eigenvalue weighted by Crippen LogP contribution is 2.15. The fourth-order valence-electron chi connectivity index (χ4n) is 1.24. The van der Waals surface area contributed by atoms with Crippen LogP contribution in [0.15, 0.2) is 0 Å². The summed E-state index contributed by atoms with van der Waals surface area (Å²) in [5, 5.41) is 0. The van der Waals surface area contributed by atoms with Crippen LogP contribution < -0.4 is 0 Å². The van der Waals surface area contributed by atoms with Gasteiger partial charge >= 0.3 is 0 Å². The normalized spacial score (nSPS) is 18.7. The third-order valence-corrected chi connectivity index (χ3v) is 1.75. The minimum absolute atomic E-state index is 0. The third kappa shape index (κ3) is 5.84. The Balaban J connectivity index is 0. The van der Waals surface area contributed by atoms with Gasteiger partial charge in [0.15, 0.2) is 0 Å². The van der Waals surface area contributed by atoms with E-state index < -0.39 is 0 Å². The highest BCUT2D eigenvalue weighted by molar-refractivity contribution is 4.51. The molecule has 9 heavy (non-hydrogen) atoms. The van der Waals surface area contributed by atoms with E-state index in [4.69, 9.17) is 0 Å². The molecular formula is C8H20O. The fourth-order valence-corrected chi connectivity index (χ4v) is 1.24. The van der Waals surface area contributed by atoms with Crippen molar-refractivity contribution in [3.63, 3.8) is 0 Å². The molecule has 0 aromatic rings. The van der Waals surface area contributed by atoms with Gasteiger partial charge < -0.3 is 5.48 Å². The van der Waals surface area contributed by atoms with Crippen LogP contribution in [0.25, 0.3) is 0 Å². The second-order valence-electron chi connectivity index (χ2n) is 2.47. The van der Waals surface area contributed by atoms with Crippen LogP contribution in [0, 0.1) is 0 Å². The molecule has 0 atom stereocenters. The van der Waals surface area contributed by atoms with Gasteiger partial charge in [-0.3, -0.25) is 0 Å². The predicted molar refractivity (Wildman–Crippen MR) is 42.7 cm³/mol. The Morgan fingerprint density at radius 1 is 0.444 bits per heavy atom. The number of hydrogen-bond donors (Lipinski definition) is 0. The monoisotopic (exact) mass is 132 g/mol. The predicted octanol–water partition coefficient (Wildman–Crippen LogP) is 2.54. The summed E-state index contributed by atoms with van der Waals surface area (Å²) in [6, 6.07) is 0. The Morgan fingerprint density at radius 2 is 0.556 bits per heavy atom. The van der Waals surface area contributed by atoms with Crippen LogP contribution >= 0.6 is 0 Å². The summed E-state index contributed by atoms with van der Waals surface area (Å²) < 4.78 is 0. The highest BCUT2D eigenvalue weighted by Gasteiger charge is 1.95. The summed E-state index contributed by atoms with van der Waals surface area (Å²) in [6.07, 6.45) is 10.5. The van der Waals surface area contributed by atoms with Crippen molar-refractivity contribution in [1.82, 2.24) is 0 Å². The zero-order chi connectivity index (χ0) is 4.95. The number of hydrogen-bond acceptors (Lipinski definition) is 0. The van der Waals surface area contributed by atoms with Gasteiger partial charge in [0.25, 0.3) is 0 Å². The average Bonchev–Trinajstić information content (AvgIpc) is 1.90. The molecular weight excluding hydrogens is 112 g/mol. The van der Waals surface area contributed by atoms with Crippen LogP contribution in [0.1, 0.15) is 52.4 Å². The lowest BCUT2D eigenvalue weighted by Gasteiger charge is -1.85. The topological polar surface area (TPSA) is 31.5 Å². The Morgan fingerprint density at radius 3 is 0.667 bits per heavy atom. The second kappa shape index (κ2) is 7.96. The molecule has 0 unspecified atom stereocenters. The van der Waals surface area contributed by atoms with Gasteiger partial charge in [0.05, 0.1) is 0 Å². The van der Waals surface area contributed by atoms with E-state index in [9.17, 15) is 0 Å². The summed E-state index contributed by atoms with van der Waals surface area (Å²) in [5.74, 6) is 0. The molecule has 1 heteroatoms. The van der Waals surface area contributed by atoms with Gasteiger partial charge in [0.2, 0.25) is 0 Å². The van der Waals surface area contributed by atoms with Crippen LogP contribution in [-0.2, 0) is 0 Å². The van der Waals surface area contributed by atoms with Crippen molar-refractivity contribution in [2.75, 3.05) is 0 Å². The molecule has 0 saturated heterocycles. The summed E-state index contributed by atoms with van der Waals surface area (Å²) in [6.45, 7) is 0. The van der Waals surface area contributed by atoms with Gasteiger partial charge in [-0.1, -0.05) is 52.4 Å². The van der Waals surface area contributed by atoms with E-state index in [1.807, 2.05) is 0 Å². The molecule has 0 heterocycles. The third-order valence-electron chi connectivity index (χ3n) is 1.75. The van der Waals surface area contributed by atoms with E-state index in [0.29, 0.717) is 0 Å². The summed E-state index contributed by atoms with van der Waals surface area (Å²) in [4.78, 5) is 0. The van der Waals surface area contributed by atoms with Crippen molar-refractivity contribution in [2.45, 2.75) is 52.4 Å². The first-order chi connectivity index (χ1) is 3.50. The maximum absolute atomic E-state index is 1.50. The standard InChI is InChI=1S/C7H14.CH4.H2O/c1-2-4-6-7-5-3-1;;/h1-7H2;1H4;1H2. The lowest BCUT2D eigenvalue weighted by atomic mass is 10.2. The first-order valence-electron chi connectivity index (χ1n) is 3.50. The molecule has 1 fully saturated rings. The zero-order valence-corrected chi connectivity index (χ0v) is 5.45. The Bertz CT molecular complexity index is 24.2. The van der Waals surface area contributed by atoms with E-state index in [0.717, 1.165) is 0 Å². The molecule has 1 aliphatic carbocycles. The first kappa shape index (κ1) is 11.7. The molecule has 1 rings (SSSR count). The van der Waals surface area contributed by atoms with E-state index in [2.05, 4.69) is 0 Å². The molecule has 0 aromatic heterocycles. The van der Waals surface area contributed by atoms with Crippen LogP contribution in [0.3, 0.4) is 0 Å². The van der Waals surface area contributed by atoms with Crippen LogP contribution in [-0.4, -0.2) is 5.48 Å². The van der Waals surface area contributed by atoms with Crippen molar-refractivity contribution in [2.24, 2.45) is 0 Å². The minimum Gasteiger partial charge on any atom is -0.412 e. The molecule has 1 aliphatic rings. The average molecular weight is 132 g/mol. The van der Waals surface area contributed by atoms with E-state index >= 15 is 0 Å². The van der Waals surface area contributed by atoms with Gasteiger partial charge in [0, 0.05) is 0 Å². The van der Waals surface area contributed by atoms with Crippen LogP contribution in [0.2, 0.25) is 0 Å². The van der Waals surface area contributed by atoms with Crippen LogP contribution in [0.5, 0.6) is 0 Å². The molecule has 2 N–H and O–H groups in total. The maximum atomic E-state index is 1.50. The summed E-state index contributed by atoms with van der Waals surface area (Å²) >= 11 is 0. The summed E-state index contributed by atoms with van der Waals surface area (Å²) in [7, 11) is 0.